The summed E-state index contributed by atoms with van der Waals surface area (Å²) in [6, 6.07) is 7.48. The number of ether oxygens (including phenoxy) is 1. The smallest absolute Gasteiger partial charge is 0.165 e. The Morgan fingerprint density at radius 3 is 3.12 bits per heavy atom. The second-order valence-corrected chi connectivity index (χ2v) is 4.60. The first kappa shape index (κ1) is 11.9. The van der Waals surface area contributed by atoms with Crippen LogP contribution in [0.4, 0.5) is 5.69 Å². The Bertz CT molecular complexity index is 445. The lowest BCUT2D eigenvalue weighted by atomic mass is 10.3. The van der Waals surface area contributed by atoms with Gasteiger partial charge in [0.25, 0.3) is 0 Å². The number of benzene rings is 1. The average molecular weight is 249 g/mol. The summed E-state index contributed by atoms with van der Waals surface area (Å²) in [6.45, 7) is 0.692. The van der Waals surface area contributed by atoms with Crippen molar-refractivity contribution in [1.29, 1.82) is 0 Å². The molecule has 2 rings (SSSR count). The molecular weight excluding hydrogens is 234 g/mol. The van der Waals surface area contributed by atoms with E-state index in [2.05, 4.69) is 9.97 Å². The lowest BCUT2D eigenvalue weighted by Crippen LogP contribution is -1.99. The van der Waals surface area contributed by atoms with Crippen molar-refractivity contribution >= 4 is 17.4 Å². The Kier molecular flexibility index (Phi) is 4.32. The van der Waals surface area contributed by atoms with Crippen molar-refractivity contribution in [2.45, 2.75) is 11.6 Å². The Morgan fingerprint density at radius 1 is 1.41 bits per heavy atom. The van der Waals surface area contributed by atoms with Crippen molar-refractivity contribution < 1.29 is 4.74 Å². The molecule has 0 fully saturated rings. The number of aromatic nitrogens is 2. The van der Waals surface area contributed by atoms with E-state index in [-0.39, 0.29) is 0 Å². The minimum Gasteiger partial charge on any atom is -0.493 e. The average Bonchev–Trinajstić information content (AvgIpc) is 2.82. The molecule has 0 aliphatic carbocycles. The van der Waals surface area contributed by atoms with Crippen molar-refractivity contribution in [2.75, 3.05) is 18.1 Å². The molecule has 2 aromatic rings. The van der Waals surface area contributed by atoms with Crippen molar-refractivity contribution in [3.05, 3.63) is 36.7 Å². The highest BCUT2D eigenvalue weighted by atomic mass is 32.2. The van der Waals surface area contributed by atoms with Crippen molar-refractivity contribution in [3.63, 3.8) is 0 Å². The standard InChI is InChI=1S/C12H15N3OS/c13-10-3-1-4-11(9-10)16-7-2-8-17-12-14-5-6-15-12/h1,3-6,9H,2,7-8,13H2,(H,14,15). The molecule has 3 N–H and O–H groups in total. The quantitative estimate of drug-likeness (QED) is 0.469. The molecule has 0 saturated carbocycles. The highest BCUT2D eigenvalue weighted by molar-refractivity contribution is 7.99. The number of rotatable bonds is 6. The van der Waals surface area contributed by atoms with Gasteiger partial charge in [-0.05, 0) is 18.6 Å². The molecule has 17 heavy (non-hydrogen) atoms. The zero-order chi connectivity index (χ0) is 11.9. The SMILES string of the molecule is Nc1cccc(OCCCSc2ncc[nH]2)c1. The summed E-state index contributed by atoms with van der Waals surface area (Å²) in [5.74, 6) is 1.81. The van der Waals surface area contributed by atoms with Gasteiger partial charge in [0, 0.05) is 29.9 Å². The number of nitrogens with two attached hydrogens (primary N) is 1. The first-order valence-electron chi connectivity index (χ1n) is 5.45. The van der Waals surface area contributed by atoms with Crippen LogP contribution in [0.1, 0.15) is 6.42 Å². The normalized spacial score (nSPS) is 10.4. The topological polar surface area (TPSA) is 63.9 Å². The van der Waals surface area contributed by atoms with E-state index in [1.165, 1.54) is 0 Å². The minimum absolute atomic E-state index is 0.692. The van der Waals surface area contributed by atoms with Crippen molar-refractivity contribution in [1.82, 2.24) is 9.97 Å². The number of hydrogen-bond acceptors (Lipinski definition) is 4. The summed E-state index contributed by atoms with van der Waals surface area (Å²) in [7, 11) is 0. The molecule has 1 aromatic carbocycles. The van der Waals surface area contributed by atoms with Crippen molar-refractivity contribution in [2.24, 2.45) is 0 Å². The molecule has 0 spiro atoms. The summed E-state index contributed by atoms with van der Waals surface area (Å²) < 4.78 is 5.58. The summed E-state index contributed by atoms with van der Waals surface area (Å²) in [5, 5.41) is 0.953. The van der Waals surface area contributed by atoms with Gasteiger partial charge in [-0.2, -0.15) is 0 Å². The number of thioether (sulfide) groups is 1. The molecule has 5 heteroatoms. The van der Waals surface area contributed by atoms with E-state index in [4.69, 9.17) is 10.5 Å². The number of hydrogen-bond donors (Lipinski definition) is 2. The van der Waals surface area contributed by atoms with Gasteiger partial charge in [0.2, 0.25) is 0 Å². The number of nitrogens with zero attached hydrogens (tertiary/aromatic N) is 1. The third kappa shape index (κ3) is 4.03. The zero-order valence-electron chi connectivity index (χ0n) is 9.43. The van der Waals surface area contributed by atoms with Gasteiger partial charge < -0.3 is 15.5 Å². The molecule has 90 valence electrons. The Balaban J connectivity index is 1.63. The zero-order valence-corrected chi connectivity index (χ0v) is 10.2. The number of H-pyrrole nitrogens is 1. The van der Waals surface area contributed by atoms with E-state index in [1.807, 2.05) is 30.5 Å². The Hall–Kier alpha value is -1.62. The fourth-order valence-corrected chi connectivity index (χ4v) is 2.09. The predicted octanol–water partition coefficient (Wildman–Crippen LogP) is 2.55. The summed E-state index contributed by atoms with van der Waals surface area (Å²) in [5.41, 5.74) is 6.39. The fraction of sp³-hybridized carbons (Fsp3) is 0.250. The molecule has 0 unspecified atom stereocenters. The van der Waals surface area contributed by atoms with Gasteiger partial charge in [-0.3, -0.25) is 0 Å². The molecule has 0 atom stereocenters. The number of nitrogen functional groups attached to an aromatic ring is 1. The molecule has 0 bridgehead atoms. The summed E-state index contributed by atoms with van der Waals surface area (Å²) in [6.07, 6.45) is 4.55. The van der Waals surface area contributed by atoms with Gasteiger partial charge >= 0.3 is 0 Å². The van der Waals surface area contributed by atoms with E-state index in [1.54, 1.807) is 18.0 Å². The molecule has 1 aromatic heterocycles. The van der Waals surface area contributed by atoms with Crippen molar-refractivity contribution in [3.8, 4) is 5.75 Å². The minimum atomic E-state index is 0.692. The van der Waals surface area contributed by atoms with Gasteiger partial charge in [0.1, 0.15) is 5.75 Å². The van der Waals surface area contributed by atoms with Crippen LogP contribution in [0, 0.1) is 0 Å². The highest BCUT2D eigenvalue weighted by Gasteiger charge is 1.97. The molecule has 0 aliphatic heterocycles. The Morgan fingerprint density at radius 2 is 2.35 bits per heavy atom. The maximum atomic E-state index is 5.66. The lowest BCUT2D eigenvalue weighted by Gasteiger charge is -2.05. The maximum Gasteiger partial charge on any atom is 0.165 e. The summed E-state index contributed by atoms with van der Waals surface area (Å²) in [4.78, 5) is 7.18. The number of aromatic amines is 1. The molecule has 0 aliphatic rings. The van der Waals surface area contributed by atoms with E-state index in [0.717, 1.165) is 28.8 Å². The van der Waals surface area contributed by atoms with Gasteiger partial charge in [0.15, 0.2) is 5.16 Å². The van der Waals surface area contributed by atoms with E-state index in [9.17, 15) is 0 Å². The van der Waals surface area contributed by atoms with Crippen LogP contribution in [0.15, 0.2) is 41.8 Å². The molecule has 0 saturated heterocycles. The molecule has 1 heterocycles. The predicted molar refractivity (Wildman–Crippen MR) is 70.3 cm³/mol. The number of imidazole rings is 1. The number of nitrogens with one attached hydrogen (secondary N) is 1. The summed E-state index contributed by atoms with van der Waals surface area (Å²) >= 11 is 1.69. The largest absolute Gasteiger partial charge is 0.493 e. The van der Waals surface area contributed by atoms with Gasteiger partial charge in [-0.25, -0.2) is 4.98 Å². The molecule has 0 radical (unpaired) electrons. The van der Waals surface area contributed by atoms with Crippen LogP contribution in [-0.2, 0) is 0 Å². The second-order valence-electron chi connectivity index (χ2n) is 3.52. The molecule has 0 amide bonds. The van der Waals surface area contributed by atoms with Crippen LogP contribution in [0.5, 0.6) is 5.75 Å². The second kappa shape index (κ2) is 6.20. The van der Waals surface area contributed by atoms with Crippen LogP contribution >= 0.6 is 11.8 Å². The first-order valence-corrected chi connectivity index (χ1v) is 6.44. The first-order chi connectivity index (χ1) is 8.34. The lowest BCUT2D eigenvalue weighted by molar-refractivity contribution is 0.319. The highest BCUT2D eigenvalue weighted by Crippen LogP contribution is 2.16. The van der Waals surface area contributed by atoms with Gasteiger partial charge in [-0.1, -0.05) is 17.8 Å². The van der Waals surface area contributed by atoms with E-state index < -0.39 is 0 Å². The Labute approximate surface area is 105 Å². The number of anilines is 1. The monoisotopic (exact) mass is 249 g/mol. The van der Waals surface area contributed by atoms with Crippen LogP contribution in [0.25, 0.3) is 0 Å². The van der Waals surface area contributed by atoms with E-state index in [0.29, 0.717) is 6.61 Å². The molecule has 4 nitrogen and oxygen atoms in total. The van der Waals surface area contributed by atoms with Gasteiger partial charge in [-0.15, -0.1) is 0 Å². The van der Waals surface area contributed by atoms with Crippen LogP contribution in [0.2, 0.25) is 0 Å². The van der Waals surface area contributed by atoms with Crippen LogP contribution in [0.3, 0.4) is 0 Å². The van der Waals surface area contributed by atoms with E-state index >= 15 is 0 Å². The van der Waals surface area contributed by atoms with Crippen LogP contribution < -0.4 is 10.5 Å². The third-order valence-corrected chi connectivity index (χ3v) is 3.12. The van der Waals surface area contributed by atoms with Crippen LogP contribution in [-0.4, -0.2) is 22.3 Å². The third-order valence-electron chi connectivity index (χ3n) is 2.13. The van der Waals surface area contributed by atoms with Gasteiger partial charge in [0.05, 0.1) is 6.61 Å². The molecular formula is C12H15N3OS. The maximum absolute atomic E-state index is 5.66. The fourth-order valence-electron chi connectivity index (χ4n) is 1.35.